The number of aromatic nitrogens is 2. The third-order valence-corrected chi connectivity index (χ3v) is 13.4. The quantitative estimate of drug-likeness (QED) is 0.130. The van der Waals surface area contributed by atoms with Crippen molar-refractivity contribution in [3.8, 4) is 0 Å². The van der Waals surface area contributed by atoms with E-state index in [1.54, 1.807) is 7.11 Å². The van der Waals surface area contributed by atoms with E-state index in [2.05, 4.69) is 81.4 Å². The molecule has 1 fully saturated rings. The Balaban J connectivity index is 1.24. The molecule has 1 aromatic heterocycles. The van der Waals surface area contributed by atoms with Gasteiger partial charge in [0, 0.05) is 19.2 Å². The number of hydrogen-bond donors (Lipinski definition) is 0. The molecule has 2 aromatic carbocycles. The molecule has 1 saturated carbocycles. The van der Waals surface area contributed by atoms with Crippen molar-refractivity contribution < 1.29 is 28.1 Å². The first-order valence-corrected chi connectivity index (χ1v) is 18.3. The maximum atomic E-state index is 7.12. The lowest BCUT2D eigenvalue weighted by Gasteiger charge is -2.43. The van der Waals surface area contributed by atoms with E-state index in [0.717, 1.165) is 37.2 Å². The van der Waals surface area contributed by atoms with Crippen LogP contribution in [0.2, 0.25) is 5.04 Å². The second-order valence-electron chi connectivity index (χ2n) is 12.5. The van der Waals surface area contributed by atoms with Crippen LogP contribution in [0.3, 0.4) is 0 Å². The van der Waals surface area contributed by atoms with Crippen molar-refractivity contribution in [2.75, 3.05) is 60.0 Å². The van der Waals surface area contributed by atoms with E-state index in [1.165, 1.54) is 10.4 Å². The van der Waals surface area contributed by atoms with Gasteiger partial charge in [-0.2, -0.15) is 0 Å². The Bertz CT molecular complexity index is 1180. The molecule has 0 unspecified atom stereocenters. The van der Waals surface area contributed by atoms with Crippen molar-refractivity contribution in [2.45, 2.75) is 70.1 Å². The summed E-state index contributed by atoms with van der Waals surface area (Å²) < 4.78 is 34.7. The van der Waals surface area contributed by atoms with Crippen LogP contribution in [0.15, 0.2) is 72.9 Å². The molecular formula is C36H52N2O6Si. The van der Waals surface area contributed by atoms with Gasteiger partial charge < -0.3 is 28.1 Å². The maximum Gasteiger partial charge on any atom is 0.261 e. The zero-order chi connectivity index (χ0) is 31.8. The number of nitrogens with zero attached hydrogens (tertiary/aromatic N) is 2. The van der Waals surface area contributed by atoms with Crippen LogP contribution in [0.25, 0.3) is 0 Å². The molecule has 3 aromatic rings. The highest BCUT2D eigenvalue weighted by atomic mass is 28.4. The van der Waals surface area contributed by atoms with Gasteiger partial charge in [0.05, 0.1) is 71.3 Å². The minimum absolute atomic E-state index is 0.0811. The smallest absolute Gasteiger partial charge is 0.261 e. The minimum atomic E-state index is -2.63. The molecule has 8 nitrogen and oxygen atoms in total. The molecule has 246 valence electrons. The summed E-state index contributed by atoms with van der Waals surface area (Å²) in [6.07, 6.45) is 6.19. The van der Waals surface area contributed by atoms with Crippen LogP contribution in [-0.2, 0) is 34.7 Å². The Hall–Kier alpha value is -2.50. The van der Waals surface area contributed by atoms with Gasteiger partial charge in [-0.25, -0.2) is 9.97 Å². The number of ether oxygens (including phenoxy) is 5. The van der Waals surface area contributed by atoms with Crippen molar-refractivity contribution in [3.63, 3.8) is 0 Å². The number of methoxy groups -OCH3 is 1. The molecule has 9 heteroatoms. The highest BCUT2D eigenvalue weighted by molar-refractivity contribution is 6.99. The van der Waals surface area contributed by atoms with Crippen LogP contribution in [0.4, 0.5) is 0 Å². The molecule has 1 aliphatic carbocycles. The first-order valence-electron chi connectivity index (χ1n) is 16.3. The SMILES string of the molecule is COCCOCCOCCOCCOC1CCC(c2nccc(CO[Si](c3ccccc3)(c3ccccc3)C(C)(C)C)n2)CC1. The molecule has 0 spiro atoms. The van der Waals surface area contributed by atoms with Crippen molar-refractivity contribution in [1.82, 2.24) is 9.97 Å². The Morgan fingerprint density at radius 2 is 1.22 bits per heavy atom. The summed E-state index contributed by atoms with van der Waals surface area (Å²) in [7, 11) is -0.973. The summed E-state index contributed by atoms with van der Waals surface area (Å²) in [6, 6.07) is 23.5. The second kappa shape index (κ2) is 18.6. The predicted octanol–water partition coefficient (Wildman–Crippen LogP) is 5.29. The lowest BCUT2D eigenvalue weighted by Crippen LogP contribution is -2.66. The van der Waals surface area contributed by atoms with Crippen molar-refractivity contribution in [1.29, 1.82) is 0 Å². The average Bonchev–Trinajstić information content (AvgIpc) is 3.06. The van der Waals surface area contributed by atoms with Gasteiger partial charge in [0.2, 0.25) is 0 Å². The second-order valence-corrected chi connectivity index (χ2v) is 16.8. The molecule has 0 aliphatic heterocycles. The molecular weight excluding hydrogens is 584 g/mol. The molecule has 4 rings (SSSR count). The van der Waals surface area contributed by atoms with E-state index >= 15 is 0 Å². The van der Waals surface area contributed by atoms with Crippen LogP contribution in [-0.4, -0.2) is 84.4 Å². The van der Waals surface area contributed by atoms with Gasteiger partial charge in [0.25, 0.3) is 8.32 Å². The number of rotatable bonds is 19. The summed E-state index contributed by atoms with van der Waals surface area (Å²) in [5.74, 6) is 1.26. The monoisotopic (exact) mass is 636 g/mol. The van der Waals surface area contributed by atoms with E-state index in [9.17, 15) is 0 Å². The third-order valence-electron chi connectivity index (χ3n) is 8.38. The normalized spacial score (nSPS) is 17.4. The Morgan fingerprint density at radius 3 is 1.76 bits per heavy atom. The van der Waals surface area contributed by atoms with Gasteiger partial charge in [0.1, 0.15) is 5.82 Å². The Kier molecular flexibility index (Phi) is 14.6. The summed E-state index contributed by atoms with van der Waals surface area (Å²) in [6.45, 7) is 12.0. The van der Waals surface area contributed by atoms with Gasteiger partial charge in [-0.1, -0.05) is 81.4 Å². The molecule has 1 aliphatic rings. The van der Waals surface area contributed by atoms with Crippen molar-refractivity contribution in [2.24, 2.45) is 0 Å². The highest BCUT2D eigenvalue weighted by Gasteiger charge is 2.50. The van der Waals surface area contributed by atoms with Crippen LogP contribution >= 0.6 is 0 Å². The third kappa shape index (κ3) is 10.5. The zero-order valence-electron chi connectivity index (χ0n) is 27.6. The summed E-state index contributed by atoms with van der Waals surface area (Å²) in [4.78, 5) is 9.72. The summed E-state index contributed by atoms with van der Waals surface area (Å²) in [5, 5.41) is 2.46. The molecule has 0 bridgehead atoms. The molecule has 1 heterocycles. The van der Waals surface area contributed by atoms with E-state index in [-0.39, 0.29) is 11.1 Å². The summed E-state index contributed by atoms with van der Waals surface area (Å²) >= 11 is 0. The Labute approximate surface area is 270 Å². The Morgan fingerprint density at radius 1 is 0.689 bits per heavy atom. The van der Waals surface area contributed by atoms with Crippen LogP contribution in [0.1, 0.15) is 63.9 Å². The van der Waals surface area contributed by atoms with Gasteiger partial charge in [0.15, 0.2) is 0 Å². The largest absolute Gasteiger partial charge is 0.401 e. The van der Waals surface area contributed by atoms with E-state index in [1.807, 2.05) is 12.3 Å². The average molecular weight is 637 g/mol. The van der Waals surface area contributed by atoms with Crippen LogP contribution < -0.4 is 10.4 Å². The fourth-order valence-electron chi connectivity index (χ4n) is 6.08. The highest BCUT2D eigenvalue weighted by Crippen LogP contribution is 2.37. The fourth-order valence-corrected chi connectivity index (χ4v) is 10.6. The van der Waals surface area contributed by atoms with Crippen molar-refractivity contribution in [3.05, 3.63) is 84.4 Å². The lowest BCUT2D eigenvalue weighted by molar-refractivity contribution is -0.0299. The van der Waals surface area contributed by atoms with E-state index in [4.69, 9.17) is 38.1 Å². The van der Waals surface area contributed by atoms with E-state index < -0.39 is 8.32 Å². The lowest BCUT2D eigenvalue weighted by atomic mass is 9.87. The molecule has 0 amide bonds. The topological polar surface area (TPSA) is 81.2 Å². The zero-order valence-corrected chi connectivity index (χ0v) is 28.6. The summed E-state index contributed by atoms with van der Waals surface area (Å²) in [5.41, 5.74) is 0.936. The molecule has 0 N–H and O–H groups in total. The number of hydrogen-bond acceptors (Lipinski definition) is 8. The fraction of sp³-hybridized carbons (Fsp3) is 0.556. The standard InChI is InChI=1S/C36H52N2O6Si/c1-36(2,3)45(33-11-7-5-8-12-33,34-13-9-6-10-14-34)44-29-31-19-20-37-35(38-31)30-15-17-32(18-16-30)43-28-27-42-26-25-41-24-23-40-22-21-39-4/h5-14,19-20,30,32H,15-18,21-29H2,1-4H3. The van der Waals surface area contributed by atoms with Gasteiger partial charge in [-0.05, 0) is 47.2 Å². The minimum Gasteiger partial charge on any atom is -0.401 e. The molecule has 0 atom stereocenters. The number of benzene rings is 2. The van der Waals surface area contributed by atoms with Crippen LogP contribution in [0, 0.1) is 0 Å². The molecule has 45 heavy (non-hydrogen) atoms. The van der Waals surface area contributed by atoms with Gasteiger partial charge in [-0.15, -0.1) is 0 Å². The van der Waals surface area contributed by atoms with Crippen molar-refractivity contribution >= 4 is 18.7 Å². The first kappa shape index (κ1) is 35.4. The predicted molar refractivity (Wildman–Crippen MR) is 180 cm³/mol. The maximum absolute atomic E-state index is 7.12. The molecule has 0 saturated heterocycles. The first-order chi connectivity index (χ1) is 21.9. The van der Waals surface area contributed by atoms with Gasteiger partial charge in [-0.3, -0.25) is 0 Å². The van der Waals surface area contributed by atoms with E-state index in [0.29, 0.717) is 65.4 Å². The van der Waals surface area contributed by atoms with Gasteiger partial charge >= 0.3 is 0 Å². The molecule has 0 radical (unpaired) electrons. The van der Waals surface area contributed by atoms with Crippen LogP contribution in [0.5, 0.6) is 0 Å².